The quantitative estimate of drug-likeness (QED) is 0.0205. The number of allylic oxidation sites excluding steroid dienone is 13. The van der Waals surface area contributed by atoms with Gasteiger partial charge in [-0.15, -0.1) is 0 Å². The van der Waals surface area contributed by atoms with E-state index in [9.17, 15) is 19.0 Å². The molecule has 434 valence electrons. The van der Waals surface area contributed by atoms with Crippen molar-refractivity contribution < 1.29 is 37.3 Å². The molecular formula is C65H118N2O7P+. The van der Waals surface area contributed by atoms with Gasteiger partial charge in [0.2, 0.25) is 5.91 Å². The number of quaternary nitrogens is 1. The number of hydrogen-bond acceptors (Lipinski definition) is 6. The summed E-state index contributed by atoms with van der Waals surface area (Å²) in [5, 5.41) is 3.03. The molecule has 0 aliphatic rings. The number of amides is 1. The maximum absolute atomic E-state index is 13.5. The van der Waals surface area contributed by atoms with Crippen molar-refractivity contribution in [1.29, 1.82) is 0 Å². The van der Waals surface area contributed by atoms with Crippen LogP contribution in [-0.4, -0.2) is 74.3 Å². The average molecular weight is 1070 g/mol. The largest absolute Gasteiger partial charge is 0.472 e. The number of likely N-dealkylation sites (N-methyl/N-ethyl adjacent to an activating group) is 1. The van der Waals surface area contributed by atoms with Crippen molar-refractivity contribution in [2.75, 3.05) is 40.9 Å². The van der Waals surface area contributed by atoms with Gasteiger partial charge < -0.3 is 19.4 Å². The molecule has 0 bridgehead atoms. The molecule has 10 heteroatoms. The molecule has 0 fully saturated rings. The maximum atomic E-state index is 13.5. The fourth-order valence-corrected chi connectivity index (χ4v) is 9.22. The standard InChI is InChI=1S/C65H117N2O7P/c1-7-10-13-16-19-22-25-27-29-31-33-35-37-39-42-45-48-51-54-57-64(68)66-62(61-73-75(70,71)72-60-59-67(4,5)6)63(56-53-50-47-44-41-24-21-18-15-12-9-3)74-65(69)58-55-52-49-46-43-40-38-36-34-32-30-28-26-23-20-17-14-11-8-2/h19-20,22-23,27-30,33,35,39,42,53,56,62-63H,7-18,21,24-26,31-32,34,36-38,40-41,43-52,54-55,57-61H2,1-6H3,(H-,66,68,70,71)/p+1/b22-19-,23-20-,29-27-,30-28-,35-33-,42-39-,56-53+. The Morgan fingerprint density at radius 1 is 0.467 bits per heavy atom. The van der Waals surface area contributed by atoms with Gasteiger partial charge in [-0.25, -0.2) is 4.57 Å². The first-order chi connectivity index (χ1) is 36.4. The van der Waals surface area contributed by atoms with Gasteiger partial charge in [-0.05, 0) is 109 Å². The first kappa shape index (κ1) is 72.2. The Morgan fingerprint density at radius 2 is 0.813 bits per heavy atom. The molecule has 0 aromatic heterocycles. The van der Waals surface area contributed by atoms with Crippen molar-refractivity contribution in [2.24, 2.45) is 0 Å². The zero-order valence-corrected chi connectivity index (χ0v) is 50.4. The second-order valence-corrected chi connectivity index (χ2v) is 23.3. The van der Waals surface area contributed by atoms with Gasteiger partial charge in [0.05, 0.1) is 33.8 Å². The van der Waals surface area contributed by atoms with Crippen molar-refractivity contribution in [1.82, 2.24) is 5.32 Å². The Hall–Kier alpha value is -2.81. The van der Waals surface area contributed by atoms with Crippen LogP contribution in [0, 0.1) is 0 Å². The van der Waals surface area contributed by atoms with Crippen LogP contribution >= 0.6 is 7.82 Å². The summed E-state index contributed by atoms with van der Waals surface area (Å²) in [6, 6.07) is -0.870. The fraction of sp³-hybridized carbons (Fsp3) is 0.754. The lowest BCUT2D eigenvalue weighted by Gasteiger charge is -2.27. The summed E-state index contributed by atoms with van der Waals surface area (Å²) < 4.78 is 30.6. The summed E-state index contributed by atoms with van der Waals surface area (Å²) >= 11 is 0. The number of phosphoric acid groups is 1. The van der Waals surface area contributed by atoms with E-state index in [1.165, 1.54) is 128 Å². The minimum atomic E-state index is -4.46. The predicted molar refractivity (Wildman–Crippen MR) is 323 cm³/mol. The highest BCUT2D eigenvalue weighted by Gasteiger charge is 2.30. The lowest BCUT2D eigenvalue weighted by atomic mass is 10.1. The van der Waals surface area contributed by atoms with Gasteiger partial charge in [-0.2, -0.15) is 0 Å². The summed E-state index contributed by atoms with van der Waals surface area (Å²) in [5.41, 5.74) is 0. The molecular weight excluding hydrogens is 952 g/mol. The van der Waals surface area contributed by atoms with E-state index in [1.807, 2.05) is 33.3 Å². The number of carbonyl (C=O) groups is 2. The molecule has 0 aromatic carbocycles. The van der Waals surface area contributed by atoms with E-state index >= 15 is 0 Å². The summed E-state index contributed by atoms with van der Waals surface area (Å²) in [5.74, 6) is -0.547. The van der Waals surface area contributed by atoms with E-state index in [0.29, 0.717) is 23.9 Å². The van der Waals surface area contributed by atoms with Crippen molar-refractivity contribution in [3.05, 3.63) is 85.1 Å². The molecule has 0 radical (unpaired) electrons. The first-order valence-electron chi connectivity index (χ1n) is 30.9. The van der Waals surface area contributed by atoms with Crippen LogP contribution in [0.1, 0.15) is 265 Å². The second-order valence-electron chi connectivity index (χ2n) is 21.9. The maximum Gasteiger partial charge on any atom is 0.472 e. The first-order valence-corrected chi connectivity index (χ1v) is 32.4. The third-order valence-electron chi connectivity index (χ3n) is 13.3. The normalized spacial score (nSPS) is 14.3. The average Bonchev–Trinajstić information content (AvgIpc) is 3.37. The molecule has 0 saturated heterocycles. The van der Waals surface area contributed by atoms with Crippen molar-refractivity contribution in [3.8, 4) is 0 Å². The fourth-order valence-electron chi connectivity index (χ4n) is 8.48. The molecule has 0 aliphatic carbocycles. The van der Waals surface area contributed by atoms with Crippen LogP contribution in [0.25, 0.3) is 0 Å². The van der Waals surface area contributed by atoms with E-state index < -0.39 is 20.0 Å². The minimum Gasteiger partial charge on any atom is -0.456 e. The molecule has 2 N–H and O–H groups in total. The smallest absolute Gasteiger partial charge is 0.456 e. The van der Waals surface area contributed by atoms with E-state index in [0.717, 1.165) is 96.3 Å². The lowest BCUT2D eigenvalue weighted by Crippen LogP contribution is -2.47. The third kappa shape index (κ3) is 55.7. The molecule has 1 amide bonds. The van der Waals surface area contributed by atoms with Crippen LogP contribution in [0.5, 0.6) is 0 Å². The number of nitrogens with zero attached hydrogens (tertiary/aromatic N) is 1. The molecule has 3 atom stereocenters. The Balaban J connectivity index is 5.30. The number of unbranched alkanes of at least 4 members (excludes halogenated alkanes) is 27. The topological polar surface area (TPSA) is 111 Å². The molecule has 0 aromatic rings. The predicted octanol–water partition coefficient (Wildman–Crippen LogP) is 19.0. The molecule has 3 unspecified atom stereocenters. The monoisotopic (exact) mass is 1070 g/mol. The number of hydrogen-bond donors (Lipinski definition) is 2. The SMILES string of the molecule is CCCCC/C=C\C/C=C\C/C=C\C/C=C\CCCCCC(=O)NC(COP(=O)(O)OCC[N+](C)(C)C)C(/C=C/CCCCCCCCCCC)OC(=O)CCCCCCCCCCC/C=C\C/C=C\CCCCC. The van der Waals surface area contributed by atoms with Crippen molar-refractivity contribution >= 4 is 19.7 Å². The Labute approximate surface area is 463 Å². The van der Waals surface area contributed by atoms with Crippen LogP contribution < -0.4 is 5.32 Å². The zero-order chi connectivity index (χ0) is 55.0. The van der Waals surface area contributed by atoms with Crippen LogP contribution in [-0.2, 0) is 27.9 Å². The van der Waals surface area contributed by atoms with E-state index in [4.69, 9.17) is 13.8 Å². The van der Waals surface area contributed by atoms with Gasteiger partial charge in [0, 0.05) is 12.8 Å². The number of ether oxygens (including phenoxy) is 1. The van der Waals surface area contributed by atoms with E-state index in [2.05, 4.69) is 99.0 Å². The van der Waals surface area contributed by atoms with Gasteiger partial charge >= 0.3 is 13.8 Å². The number of phosphoric ester groups is 1. The molecule has 0 spiro atoms. The Kier molecular flexibility index (Phi) is 52.5. The van der Waals surface area contributed by atoms with Crippen molar-refractivity contribution in [2.45, 2.75) is 277 Å². The van der Waals surface area contributed by atoms with Crippen LogP contribution in [0.3, 0.4) is 0 Å². The van der Waals surface area contributed by atoms with Crippen LogP contribution in [0.15, 0.2) is 85.1 Å². The summed E-state index contributed by atoms with van der Waals surface area (Å²) in [7, 11) is 1.46. The molecule has 0 saturated carbocycles. The van der Waals surface area contributed by atoms with Crippen LogP contribution in [0.4, 0.5) is 0 Å². The highest BCUT2D eigenvalue weighted by Crippen LogP contribution is 2.43. The number of rotatable bonds is 55. The molecule has 0 heterocycles. The van der Waals surface area contributed by atoms with Gasteiger partial charge in [0.1, 0.15) is 19.3 Å². The zero-order valence-electron chi connectivity index (χ0n) is 49.5. The highest BCUT2D eigenvalue weighted by atomic mass is 31.2. The minimum absolute atomic E-state index is 0.0298. The highest BCUT2D eigenvalue weighted by molar-refractivity contribution is 7.47. The van der Waals surface area contributed by atoms with Crippen molar-refractivity contribution in [3.63, 3.8) is 0 Å². The van der Waals surface area contributed by atoms with Gasteiger partial charge in [0.25, 0.3) is 0 Å². The molecule has 9 nitrogen and oxygen atoms in total. The van der Waals surface area contributed by atoms with E-state index in [-0.39, 0.29) is 31.5 Å². The Morgan fingerprint density at radius 3 is 1.25 bits per heavy atom. The number of nitrogens with one attached hydrogen (secondary N) is 1. The third-order valence-corrected chi connectivity index (χ3v) is 14.3. The van der Waals surface area contributed by atoms with Gasteiger partial charge in [-0.1, -0.05) is 228 Å². The number of carbonyl (C=O) groups excluding carboxylic acids is 2. The summed E-state index contributed by atoms with van der Waals surface area (Å²) in [4.78, 5) is 37.7. The summed E-state index contributed by atoms with van der Waals surface area (Å²) in [6.07, 6.45) is 71.5. The molecule has 0 rings (SSSR count). The lowest BCUT2D eigenvalue weighted by molar-refractivity contribution is -0.870. The Bertz CT molecular complexity index is 1560. The van der Waals surface area contributed by atoms with Gasteiger partial charge in [-0.3, -0.25) is 18.6 Å². The summed E-state index contributed by atoms with van der Waals surface area (Å²) in [6.45, 7) is 6.92. The molecule has 0 aliphatic heterocycles. The van der Waals surface area contributed by atoms with E-state index in [1.54, 1.807) is 0 Å². The molecule has 75 heavy (non-hydrogen) atoms. The second kappa shape index (κ2) is 54.5. The van der Waals surface area contributed by atoms with Crippen LogP contribution in [0.2, 0.25) is 0 Å². The number of esters is 1. The van der Waals surface area contributed by atoms with Gasteiger partial charge in [0.15, 0.2) is 0 Å².